The Morgan fingerprint density at radius 1 is 0.630 bits per heavy atom. The molecule has 0 heterocycles. The van der Waals surface area contributed by atoms with Gasteiger partial charge in [0.1, 0.15) is 5.60 Å². The van der Waals surface area contributed by atoms with Crippen LogP contribution in [0.1, 0.15) is 69.9 Å². The number of ether oxygens (including phenoxy) is 2. The zero-order valence-electron chi connectivity index (χ0n) is 17.2. The average Bonchev–Trinajstić information content (AvgIpc) is 2.73. The van der Waals surface area contributed by atoms with Gasteiger partial charge in [-0.3, -0.25) is 0 Å². The molecule has 0 amide bonds. The van der Waals surface area contributed by atoms with Gasteiger partial charge in [0.05, 0.1) is 0 Å². The van der Waals surface area contributed by atoms with Crippen LogP contribution in [0.25, 0.3) is 0 Å². The van der Waals surface area contributed by atoms with E-state index in [2.05, 4.69) is 74.5 Å². The van der Waals surface area contributed by atoms with Crippen LogP contribution < -0.4 is 0 Å². The lowest BCUT2D eigenvalue weighted by atomic mass is 9.83. The average molecular weight is 369 g/mol. The first-order valence-electron chi connectivity index (χ1n) is 10.7. The fraction of sp³-hybridized carbons (Fsp3) is 0.520. The lowest BCUT2D eigenvalue weighted by molar-refractivity contribution is -0.0441. The minimum atomic E-state index is -0.443. The van der Waals surface area contributed by atoms with E-state index in [9.17, 15) is 0 Å². The molecule has 0 aromatic heterocycles. The molecule has 2 heteroatoms. The normalized spacial score (nSPS) is 11.6. The van der Waals surface area contributed by atoms with Crippen molar-refractivity contribution >= 4 is 0 Å². The van der Waals surface area contributed by atoms with Gasteiger partial charge in [-0.1, -0.05) is 100 Å². The summed E-state index contributed by atoms with van der Waals surface area (Å²) in [7, 11) is 0. The first-order chi connectivity index (χ1) is 13.3. The van der Waals surface area contributed by atoms with Gasteiger partial charge in [-0.15, -0.1) is 0 Å². The Hall–Kier alpha value is -1.64. The maximum Gasteiger partial charge on any atom is 0.120 e. The quantitative estimate of drug-likeness (QED) is 0.344. The Labute approximate surface area is 165 Å². The first-order valence-corrected chi connectivity index (χ1v) is 10.7. The minimum Gasteiger partial charge on any atom is -0.381 e. The molecule has 0 aliphatic heterocycles. The second kappa shape index (κ2) is 12.7. The summed E-state index contributed by atoms with van der Waals surface area (Å²) >= 11 is 0. The molecule has 0 fully saturated rings. The zero-order chi connectivity index (χ0) is 19.2. The molecular formula is C25H36O2. The highest BCUT2D eigenvalue weighted by atomic mass is 16.5. The van der Waals surface area contributed by atoms with E-state index in [1.54, 1.807) is 0 Å². The Morgan fingerprint density at radius 2 is 1.15 bits per heavy atom. The summed E-state index contributed by atoms with van der Waals surface area (Å²) in [4.78, 5) is 0. The molecule has 27 heavy (non-hydrogen) atoms. The summed E-state index contributed by atoms with van der Waals surface area (Å²) in [6.07, 6.45) is 7.92. The Balaban J connectivity index is 2.20. The maximum atomic E-state index is 6.65. The highest BCUT2D eigenvalue weighted by Crippen LogP contribution is 2.37. The number of unbranched alkanes of at least 4 members (excludes halogenated alkanes) is 4. The molecule has 0 spiro atoms. The topological polar surface area (TPSA) is 18.5 Å². The molecule has 0 aliphatic carbocycles. The molecule has 2 aromatic rings. The Kier molecular flexibility index (Phi) is 10.2. The van der Waals surface area contributed by atoms with Crippen molar-refractivity contribution in [2.45, 2.75) is 64.4 Å². The molecule has 2 rings (SSSR count). The fourth-order valence-electron chi connectivity index (χ4n) is 3.48. The molecular weight excluding hydrogens is 332 g/mol. The van der Waals surface area contributed by atoms with Crippen LogP contribution in [0.4, 0.5) is 0 Å². The van der Waals surface area contributed by atoms with Crippen molar-refractivity contribution in [2.75, 3.05) is 19.8 Å². The Morgan fingerprint density at radius 3 is 1.67 bits per heavy atom. The third kappa shape index (κ3) is 6.79. The van der Waals surface area contributed by atoms with Crippen molar-refractivity contribution in [1.82, 2.24) is 0 Å². The Bertz CT molecular complexity index is 555. The van der Waals surface area contributed by atoms with Crippen molar-refractivity contribution in [2.24, 2.45) is 0 Å². The first kappa shape index (κ1) is 21.7. The highest BCUT2D eigenvalue weighted by Gasteiger charge is 2.35. The number of hydrogen-bond donors (Lipinski definition) is 0. The SMILES string of the molecule is CCCCCOCCC(OCCCCC)(c1ccccc1)c1ccccc1. The predicted molar refractivity (Wildman–Crippen MR) is 114 cm³/mol. The van der Waals surface area contributed by atoms with Gasteiger partial charge in [-0.05, 0) is 24.0 Å². The van der Waals surface area contributed by atoms with Gasteiger partial charge in [0.2, 0.25) is 0 Å². The molecule has 148 valence electrons. The lowest BCUT2D eigenvalue weighted by Crippen LogP contribution is -2.33. The van der Waals surface area contributed by atoms with Crippen LogP contribution in [0, 0.1) is 0 Å². The van der Waals surface area contributed by atoms with Gasteiger partial charge in [0.15, 0.2) is 0 Å². The van der Waals surface area contributed by atoms with Gasteiger partial charge in [0, 0.05) is 26.2 Å². The van der Waals surface area contributed by atoms with Gasteiger partial charge in [0.25, 0.3) is 0 Å². The molecule has 0 radical (unpaired) electrons. The van der Waals surface area contributed by atoms with E-state index >= 15 is 0 Å². The fourth-order valence-corrected chi connectivity index (χ4v) is 3.48. The van der Waals surface area contributed by atoms with E-state index in [1.807, 2.05) is 0 Å². The molecule has 0 saturated carbocycles. The van der Waals surface area contributed by atoms with Gasteiger partial charge < -0.3 is 9.47 Å². The molecule has 2 aromatic carbocycles. The van der Waals surface area contributed by atoms with Crippen LogP contribution in [-0.2, 0) is 15.1 Å². The van der Waals surface area contributed by atoms with Crippen LogP contribution in [-0.4, -0.2) is 19.8 Å². The molecule has 0 aliphatic rings. The largest absolute Gasteiger partial charge is 0.381 e. The van der Waals surface area contributed by atoms with Crippen molar-refractivity contribution in [3.8, 4) is 0 Å². The van der Waals surface area contributed by atoms with Crippen LogP contribution in [0.5, 0.6) is 0 Å². The van der Waals surface area contributed by atoms with E-state index in [1.165, 1.54) is 36.8 Å². The second-order valence-electron chi connectivity index (χ2n) is 7.18. The molecule has 2 nitrogen and oxygen atoms in total. The molecule has 0 saturated heterocycles. The molecule has 0 atom stereocenters. The minimum absolute atomic E-state index is 0.443. The molecule has 0 N–H and O–H groups in total. The van der Waals surface area contributed by atoms with E-state index < -0.39 is 5.60 Å². The van der Waals surface area contributed by atoms with Crippen LogP contribution in [0.3, 0.4) is 0 Å². The molecule has 0 unspecified atom stereocenters. The monoisotopic (exact) mass is 368 g/mol. The number of hydrogen-bond acceptors (Lipinski definition) is 2. The second-order valence-corrected chi connectivity index (χ2v) is 7.18. The summed E-state index contributed by atoms with van der Waals surface area (Å²) in [5.74, 6) is 0. The zero-order valence-corrected chi connectivity index (χ0v) is 17.2. The van der Waals surface area contributed by atoms with E-state index in [-0.39, 0.29) is 0 Å². The van der Waals surface area contributed by atoms with E-state index in [4.69, 9.17) is 9.47 Å². The van der Waals surface area contributed by atoms with E-state index in [0.717, 1.165) is 32.5 Å². The predicted octanol–water partition coefficient (Wildman–Crippen LogP) is 6.73. The highest BCUT2D eigenvalue weighted by molar-refractivity contribution is 5.36. The van der Waals surface area contributed by atoms with Gasteiger partial charge in [-0.25, -0.2) is 0 Å². The molecule has 0 bridgehead atoms. The standard InChI is InChI=1S/C25H36O2/c1-3-5-13-20-26-22-19-25(27-21-14-6-4-2,23-15-9-7-10-16-23)24-17-11-8-12-18-24/h7-12,15-18H,3-6,13-14,19-22H2,1-2H3. The van der Waals surface area contributed by atoms with Crippen LogP contribution in [0.2, 0.25) is 0 Å². The van der Waals surface area contributed by atoms with Gasteiger partial charge in [-0.2, -0.15) is 0 Å². The number of rotatable bonds is 14. The third-order valence-corrected chi connectivity index (χ3v) is 5.07. The summed E-state index contributed by atoms with van der Waals surface area (Å²) in [5, 5.41) is 0. The van der Waals surface area contributed by atoms with Crippen molar-refractivity contribution < 1.29 is 9.47 Å². The van der Waals surface area contributed by atoms with Crippen LogP contribution in [0.15, 0.2) is 60.7 Å². The smallest absolute Gasteiger partial charge is 0.120 e. The third-order valence-electron chi connectivity index (χ3n) is 5.07. The maximum absolute atomic E-state index is 6.65. The van der Waals surface area contributed by atoms with Crippen molar-refractivity contribution in [3.63, 3.8) is 0 Å². The van der Waals surface area contributed by atoms with Gasteiger partial charge >= 0.3 is 0 Å². The summed E-state index contributed by atoms with van der Waals surface area (Å²) in [5.41, 5.74) is 1.98. The number of benzene rings is 2. The van der Waals surface area contributed by atoms with E-state index in [0.29, 0.717) is 6.61 Å². The van der Waals surface area contributed by atoms with Crippen LogP contribution >= 0.6 is 0 Å². The lowest BCUT2D eigenvalue weighted by Gasteiger charge is -2.35. The van der Waals surface area contributed by atoms with Crippen molar-refractivity contribution in [1.29, 1.82) is 0 Å². The summed E-state index contributed by atoms with van der Waals surface area (Å²) in [6.45, 7) is 6.77. The summed E-state index contributed by atoms with van der Waals surface area (Å²) in [6, 6.07) is 21.3. The summed E-state index contributed by atoms with van der Waals surface area (Å²) < 4.78 is 12.6. The van der Waals surface area contributed by atoms with Crippen molar-refractivity contribution in [3.05, 3.63) is 71.8 Å².